The number of benzene rings is 2. The second kappa shape index (κ2) is 8.78. The third-order valence-electron chi connectivity index (χ3n) is 3.71. The second-order valence-corrected chi connectivity index (χ2v) is 5.97. The maximum atomic E-state index is 9.14. The van der Waals surface area contributed by atoms with E-state index in [1.54, 1.807) is 6.07 Å². The van der Waals surface area contributed by atoms with Gasteiger partial charge in [0.05, 0.1) is 24.6 Å². The summed E-state index contributed by atoms with van der Waals surface area (Å²) in [6.07, 6.45) is 0. The molecule has 2 aromatic carbocycles. The Bertz CT molecular complexity index is 713. The zero-order valence-electron chi connectivity index (χ0n) is 13.9. The lowest BCUT2D eigenvalue weighted by atomic mass is 10.1. The largest absolute Gasteiger partial charge is 0.395 e. The molecule has 0 aliphatic rings. The fourth-order valence-electron chi connectivity index (χ4n) is 2.40. The number of azo groups is 1. The van der Waals surface area contributed by atoms with Crippen LogP contribution in [-0.4, -0.2) is 36.5 Å². The van der Waals surface area contributed by atoms with E-state index in [1.807, 2.05) is 49.1 Å². The van der Waals surface area contributed by atoms with Gasteiger partial charge in [0, 0.05) is 23.8 Å². The van der Waals surface area contributed by atoms with Crippen LogP contribution in [0.5, 0.6) is 0 Å². The van der Waals surface area contributed by atoms with Crippen LogP contribution in [0.1, 0.15) is 11.1 Å². The van der Waals surface area contributed by atoms with Crippen molar-refractivity contribution >= 4 is 28.7 Å². The van der Waals surface area contributed by atoms with Crippen molar-refractivity contribution in [1.29, 1.82) is 0 Å². The quantitative estimate of drug-likeness (QED) is 0.739. The summed E-state index contributed by atoms with van der Waals surface area (Å²) in [5, 5.41) is 27.6. The zero-order chi connectivity index (χ0) is 17.5. The molecule has 2 aromatic rings. The third kappa shape index (κ3) is 4.77. The molecule has 0 spiro atoms. The van der Waals surface area contributed by atoms with Gasteiger partial charge in [-0.2, -0.15) is 10.2 Å². The molecular formula is C18H22ClN3O2. The molecule has 0 heterocycles. The molecule has 6 heteroatoms. The SMILES string of the molecule is Cc1cc(Cl)ccc1N=Nc1ccc(N(CCO)CCO)cc1C. The molecule has 0 saturated heterocycles. The van der Waals surface area contributed by atoms with Gasteiger partial charge in [0.2, 0.25) is 0 Å². The minimum atomic E-state index is 0.0380. The van der Waals surface area contributed by atoms with Crippen LogP contribution in [-0.2, 0) is 0 Å². The van der Waals surface area contributed by atoms with Crippen LogP contribution in [0.3, 0.4) is 0 Å². The first kappa shape index (κ1) is 18.4. The van der Waals surface area contributed by atoms with Crippen LogP contribution in [0, 0.1) is 13.8 Å². The monoisotopic (exact) mass is 347 g/mol. The first-order valence-corrected chi connectivity index (χ1v) is 8.18. The Morgan fingerprint density at radius 1 is 0.875 bits per heavy atom. The average molecular weight is 348 g/mol. The molecule has 5 nitrogen and oxygen atoms in total. The molecule has 0 atom stereocenters. The minimum absolute atomic E-state index is 0.0380. The van der Waals surface area contributed by atoms with Gasteiger partial charge in [-0.1, -0.05) is 11.6 Å². The van der Waals surface area contributed by atoms with Gasteiger partial charge < -0.3 is 15.1 Å². The number of aliphatic hydroxyl groups excluding tert-OH is 2. The molecule has 2 rings (SSSR count). The molecule has 0 bridgehead atoms. The van der Waals surface area contributed by atoms with E-state index in [2.05, 4.69) is 10.2 Å². The maximum absolute atomic E-state index is 9.14. The summed E-state index contributed by atoms with van der Waals surface area (Å²) in [5.41, 5.74) is 4.45. The van der Waals surface area contributed by atoms with Crippen molar-refractivity contribution in [3.05, 3.63) is 52.5 Å². The molecule has 0 saturated carbocycles. The smallest absolute Gasteiger partial charge is 0.0887 e. The van der Waals surface area contributed by atoms with Crippen molar-refractivity contribution in [2.24, 2.45) is 10.2 Å². The first-order valence-electron chi connectivity index (χ1n) is 7.80. The Balaban J connectivity index is 2.21. The van der Waals surface area contributed by atoms with Crippen molar-refractivity contribution in [1.82, 2.24) is 0 Å². The summed E-state index contributed by atoms with van der Waals surface area (Å²) in [6, 6.07) is 11.3. The van der Waals surface area contributed by atoms with Crippen LogP contribution in [0.4, 0.5) is 17.1 Å². The summed E-state index contributed by atoms with van der Waals surface area (Å²) in [6.45, 7) is 4.93. The topological polar surface area (TPSA) is 68.4 Å². The van der Waals surface area contributed by atoms with Crippen LogP contribution in [0.15, 0.2) is 46.6 Å². The van der Waals surface area contributed by atoms with Gasteiger partial charge in [0.1, 0.15) is 0 Å². The van der Waals surface area contributed by atoms with E-state index < -0.39 is 0 Å². The summed E-state index contributed by atoms with van der Waals surface area (Å²) >= 11 is 5.95. The van der Waals surface area contributed by atoms with Gasteiger partial charge >= 0.3 is 0 Å². The number of halogens is 1. The number of aryl methyl sites for hydroxylation is 2. The predicted octanol–water partition coefficient (Wildman–Crippen LogP) is 4.16. The third-order valence-corrected chi connectivity index (χ3v) is 3.94. The van der Waals surface area contributed by atoms with Crippen molar-refractivity contribution < 1.29 is 10.2 Å². The molecule has 128 valence electrons. The van der Waals surface area contributed by atoms with Crippen LogP contribution < -0.4 is 4.90 Å². The fourth-order valence-corrected chi connectivity index (χ4v) is 2.63. The standard InChI is InChI=1S/C18H22ClN3O2/c1-13-11-15(19)3-5-17(13)20-21-18-6-4-16(12-14(18)2)22(7-9-23)8-10-24/h3-6,11-12,23-24H,7-10H2,1-2H3. The number of aliphatic hydroxyl groups is 2. The highest BCUT2D eigenvalue weighted by molar-refractivity contribution is 6.30. The van der Waals surface area contributed by atoms with Crippen LogP contribution >= 0.6 is 11.6 Å². The minimum Gasteiger partial charge on any atom is -0.395 e. The highest BCUT2D eigenvalue weighted by Crippen LogP contribution is 2.28. The molecular weight excluding hydrogens is 326 g/mol. The molecule has 0 radical (unpaired) electrons. The summed E-state index contributed by atoms with van der Waals surface area (Å²) in [5.74, 6) is 0. The number of hydrogen-bond donors (Lipinski definition) is 2. The predicted molar refractivity (Wildman–Crippen MR) is 97.9 cm³/mol. The highest BCUT2D eigenvalue weighted by atomic mass is 35.5. The summed E-state index contributed by atoms with van der Waals surface area (Å²) < 4.78 is 0. The lowest BCUT2D eigenvalue weighted by molar-refractivity contribution is 0.281. The van der Waals surface area contributed by atoms with Crippen LogP contribution in [0.2, 0.25) is 5.02 Å². The number of hydrogen-bond acceptors (Lipinski definition) is 5. The fraction of sp³-hybridized carbons (Fsp3) is 0.333. The molecule has 0 aliphatic carbocycles. The lowest BCUT2D eigenvalue weighted by Crippen LogP contribution is -2.29. The van der Waals surface area contributed by atoms with E-state index in [-0.39, 0.29) is 13.2 Å². The van der Waals surface area contributed by atoms with E-state index >= 15 is 0 Å². The van der Waals surface area contributed by atoms with E-state index in [4.69, 9.17) is 21.8 Å². The van der Waals surface area contributed by atoms with Crippen molar-refractivity contribution in [2.45, 2.75) is 13.8 Å². The molecule has 24 heavy (non-hydrogen) atoms. The number of anilines is 1. The van der Waals surface area contributed by atoms with E-state index in [1.165, 1.54) is 0 Å². The normalized spacial score (nSPS) is 11.2. The Labute approximate surface area is 147 Å². The Kier molecular flexibility index (Phi) is 6.73. The van der Waals surface area contributed by atoms with Crippen molar-refractivity contribution in [3.8, 4) is 0 Å². The molecule has 0 amide bonds. The van der Waals surface area contributed by atoms with Crippen LogP contribution in [0.25, 0.3) is 0 Å². The molecule has 0 fully saturated rings. The molecule has 2 N–H and O–H groups in total. The lowest BCUT2D eigenvalue weighted by Gasteiger charge is -2.23. The van der Waals surface area contributed by atoms with Gasteiger partial charge in [0.15, 0.2) is 0 Å². The zero-order valence-corrected chi connectivity index (χ0v) is 14.7. The Morgan fingerprint density at radius 2 is 1.42 bits per heavy atom. The van der Waals surface area contributed by atoms with Gasteiger partial charge in [-0.3, -0.25) is 0 Å². The van der Waals surface area contributed by atoms with Gasteiger partial charge in [-0.25, -0.2) is 0 Å². The summed E-state index contributed by atoms with van der Waals surface area (Å²) in [7, 11) is 0. The van der Waals surface area contributed by atoms with E-state index in [9.17, 15) is 0 Å². The second-order valence-electron chi connectivity index (χ2n) is 5.54. The van der Waals surface area contributed by atoms with Crippen molar-refractivity contribution in [2.75, 3.05) is 31.2 Å². The number of rotatable bonds is 7. The van der Waals surface area contributed by atoms with E-state index in [0.717, 1.165) is 28.2 Å². The summed E-state index contributed by atoms with van der Waals surface area (Å²) in [4.78, 5) is 1.93. The van der Waals surface area contributed by atoms with Gasteiger partial charge in [-0.05, 0) is 61.4 Å². The van der Waals surface area contributed by atoms with Gasteiger partial charge in [-0.15, -0.1) is 0 Å². The molecule has 0 unspecified atom stereocenters. The molecule has 0 aliphatic heterocycles. The van der Waals surface area contributed by atoms with E-state index in [0.29, 0.717) is 18.1 Å². The first-order chi connectivity index (χ1) is 11.5. The van der Waals surface area contributed by atoms with Gasteiger partial charge in [0.25, 0.3) is 0 Å². The average Bonchev–Trinajstić information content (AvgIpc) is 2.55. The Hall–Kier alpha value is -1.95. The van der Waals surface area contributed by atoms with Crippen molar-refractivity contribution in [3.63, 3.8) is 0 Å². The Morgan fingerprint density at radius 3 is 1.92 bits per heavy atom. The number of nitrogens with zero attached hydrogens (tertiary/aromatic N) is 3. The molecule has 0 aromatic heterocycles. The highest BCUT2D eigenvalue weighted by Gasteiger charge is 2.07. The maximum Gasteiger partial charge on any atom is 0.0887 e.